The molecule has 2 heterocycles. The summed E-state index contributed by atoms with van der Waals surface area (Å²) in [6.45, 7) is 6.37. The SMILES string of the molecule is COc1ccc(OC)c(N2C[C@H](C(=O)Nc3nnc(C(C)(C)C)s3)CC2=O)c1. The van der Waals surface area contributed by atoms with Gasteiger partial charge in [-0.15, -0.1) is 10.2 Å². The van der Waals surface area contributed by atoms with Crippen LogP contribution in [0.3, 0.4) is 0 Å². The Kier molecular flexibility index (Phi) is 5.55. The number of nitrogens with zero attached hydrogens (tertiary/aromatic N) is 3. The van der Waals surface area contributed by atoms with Crippen LogP contribution >= 0.6 is 11.3 Å². The normalized spacial score (nSPS) is 17.0. The predicted molar refractivity (Wildman–Crippen MR) is 107 cm³/mol. The second-order valence-corrected chi connectivity index (χ2v) is 8.57. The second-order valence-electron chi connectivity index (χ2n) is 7.59. The third kappa shape index (κ3) is 4.09. The summed E-state index contributed by atoms with van der Waals surface area (Å²) < 4.78 is 10.6. The summed E-state index contributed by atoms with van der Waals surface area (Å²) in [4.78, 5) is 26.8. The number of carbonyl (C=O) groups is 2. The number of rotatable bonds is 5. The fourth-order valence-electron chi connectivity index (χ4n) is 2.91. The number of hydrogen-bond donors (Lipinski definition) is 1. The molecule has 0 saturated carbocycles. The van der Waals surface area contributed by atoms with E-state index in [1.54, 1.807) is 30.2 Å². The summed E-state index contributed by atoms with van der Waals surface area (Å²) in [6, 6.07) is 5.23. The van der Waals surface area contributed by atoms with Crippen LogP contribution in [0.4, 0.5) is 10.8 Å². The van der Waals surface area contributed by atoms with Crippen LogP contribution in [-0.2, 0) is 15.0 Å². The van der Waals surface area contributed by atoms with Gasteiger partial charge in [-0.2, -0.15) is 0 Å². The highest BCUT2D eigenvalue weighted by Crippen LogP contribution is 2.36. The van der Waals surface area contributed by atoms with Gasteiger partial charge in [0.25, 0.3) is 0 Å². The molecule has 8 nitrogen and oxygen atoms in total. The summed E-state index contributed by atoms with van der Waals surface area (Å²) in [5.41, 5.74) is 0.456. The molecule has 150 valence electrons. The number of anilines is 2. The minimum atomic E-state index is -0.481. The van der Waals surface area contributed by atoms with Crippen LogP contribution in [0.15, 0.2) is 18.2 Å². The van der Waals surface area contributed by atoms with Gasteiger partial charge in [0.2, 0.25) is 16.9 Å². The fraction of sp³-hybridized carbons (Fsp3) is 0.474. The zero-order valence-corrected chi connectivity index (χ0v) is 17.4. The van der Waals surface area contributed by atoms with Crippen LogP contribution in [0.2, 0.25) is 0 Å². The highest BCUT2D eigenvalue weighted by molar-refractivity contribution is 7.15. The van der Waals surface area contributed by atoms with Crippen molar-refractivity contribution in [3.05, 3.63) is 23.2 Å². The number of aromatic nitrogens is 2. The van der Waals surface area contributed by atoms with Gasteiger partial charge in [-0.3, -0.25) is 9.59 Å². The number of nitrogens with one attached hydrogen (secondary N) is 1. The van der Waals surface area contributed by atoms with E-state index in [0.717, 1.165) is 5.01 Å². The number of hydrogen-bond acceptors (Lipinski definition) is 7. The Balaban J connectivity index is 1.74. The lowest BCUT2D eigenvalue weighted by atomic mass is 9.98. The Bertz CT molecular complexity index is 890. The first kappa shape index (κ1) is 20.1. The van der Waals surface area contributed by atoms with E-state index in [4.69, 9.17) is 9.47 Å². The van der Waals surface area contributed by atoms with Gasteiger partial charge in [0.15, 0.2) is 0 Å². The van der Waals surface area contributed by atoms with Crippen LogP contribution in [0.1, 0.15) is 32.2 Å². The van der Waals surface area contributed by atoms with Crippen LogP contribution in [0, 0.1) is 5.92 Å². The van der Waals surface area contributed by atoms with E-state index in [-0.39, 0.29) is 30.2 Å². The molecule has 1 aliphatic rings. The van der Waals surface area contributed by atoms with Gasteiger partial charge >= 0.3 is 0 Å². The van der Waals surface area contributed by atoms with Gasteiger partial charge in [-0.1, -0.05) is 32.1 Å². The van der Waals surface area contributed by atoms with Gasteiger partial charge in [0.1, 0.15) is 16.5 Å². The minimum absolute atomic E-state index is 0.122. The van der Waals surface area contributed by atoms with Crippen LogP contribution in [0.5, 0.6) is 11.5 Å². The van der Waals surface area contributed by atoms with Crippen molar-refractivity contribution in [2.45, 2.75) is 32.6 Å². The van der Waals surface area contributed by atoms with Crippen molar-refractivity contribution < 1.29 is 19.1 Å². The molecule has 1 saturated heterocycles. The molecule has 1 aromatic heterocycles. The first-order valence-corrected chi connectivity index (χ1v) is 9.72. The zero-order valence-electron chi connectivity index (χ0n) is 16.6. The van der Waals surface area contributed by atoms with E-state index in [0.29, 0.717) is 22.3 Å². The Hall–Kier alpha value is -2.68. The third-order valence-electron chi connectivity index (χ3n) is 4.47. The fourth-order valence-corrected chi connectivity index (χ4v) is 3.71. The van der Waals surface area contributed by atoms with Crippen LogP contribution in [-0.4, -0.2) is 42.8 Å². The molecule has 1 atom stereocenters. The summed E-state index contributed by atoms with van der Waals surface area (Å²) >= 11 is 1.35. The lowest BCUT2D eigenvalue weighted by Crippen LogP contribution is -2.28. The molecule has 1 aliphatic heterocycles. The third-order valence-corrected chi connectivity index (χ3v) is 5.73. The van der Waals surface area contributed by atoms with E-state index in [1.165, 1.54) is 18.4 Å². The highest BCUT2D eigenvalue weighted by Gasteiger charge is 2.37. The number of methoxy groups -OCH3 is 2. The van der Waals surface area contributed by atoms with Crippen molar-refractivity contribution in [2.24, 2.45) is 5.92 Å². The summed E-state index contributed by atoms with van der Waals surface area (Å²) in [7, 11) is 3.10. The first-order valence-electron chi connectivity index (χ1n) is 8.90. The quantitative estimate of drug-likeness (QED) is 0.824. The number of benzene rings is 1. The summed E-state index contributed by atoms with van der Waals surface area (Å²) in [6.07, 6.45) is 0.122. The molecule has 1 fully saturated rings. The Labute approximate surface area is 167 Å². The molecule has 0 radical (unpaired) electrons. The maximum Gasteiger partial charge on any atom is 0.231 e. The molecule has 1 aromatic carbocycles. The number of ether oxygens (including phenoxy) is 2. The molecule has 3 rings (SSSR count). The lowest BCUT2D eigenvalue weighted by Gasteiger charge is -2.20. The Morgan fingerprint density at radius 2 is 2.00 bits per heavy atom. The minimum Gasteiger partial charge on any atom is -0.497 e. The van der Waals surface area contributed by atoms with Crippen molar-refractivity contribution in [2.75, 3.05) is 31.0 Å². The molecule has 0 spiro atoms. The van der Waals surface area contributed by atoms with Gasteiger partial charge < -0.3 is 19.7 Å². The smallest absolute Gasteiger partial charge is 0.231 e. The molecule has 0 unspecified atom stereocenters. The van der Waals surface area contributed by atoms with E-state index in [9.17, 15) is 9.59 Å². The Morgan fingerprint density at radius 3 is 2.61 bits per heavy atom. The molecule has 28 heavy (non-hydrogen) atoms. The first-order chi connectivity index (χ1) is 13.2. The molecule has 1 N–H and O–H groups in total. The molecule has 0 aliphatic carbocycles. The van der Waals surface area contributed by atoms with Crippen molar-refractivity contribution in [3.8, 4) is 11.5 Å². The standard InChI is InChI=1S/C19H24N4O4S/c1-19(2,3)17-21-22-18(28-17)20-16(25)11-8-15(24)23(10-11)13-9-12(26-4)6-7-14(13)27-5/h6-7,9,11H,8,10H2,1-5H3,(H,20,22,25)/t11-/m1/s1. The predicted octanol–water partition coefficient (Wildman–Crippen LogP) is 2.84. The molecule has 0 bridgehead atoms. The van der Waals surface area contributed by atoms with Crippen molar-refractivity contribution in [1.29, 1.82) is 0 Å². The van der Waals surface area contributed by atoms with Gasteiger partial charge in [-0.25, -0.2) is 0 Å². The van der Waals surface area contributed by atoms with Crippen LogP contribution < -0.4 is 19.7 Å². The topological polar surface area (TPSA) is 93.7 Å². The van der Waals surface area contributed by atoms with Crippen molar-refractivity contribution >= 4 is 34.0 Å². The van der Waals surface area contributed by atoms with E-state index < -0.39 is 5.92 Å². The van der Waals surface area contributed by atoms with Gasteiger partial charge in [-0.05, 0) is 12.1 Å². The average Bonchev–Trinajstić information content (AvgIpc) is 3.27. The monoisotopic (exact) mass is 404 g/mol. The maximum absolute atomic E-state index is 12.7. The molecule has 9 heteroatoms. The van der Waals surface area contributed by atoms with Crippen LogP contribution in [0.25, 0.3) is 0 Å². The number of amides is 2. The largest absolute Gasteiger partial charge is 0.497 e. The highest BCUT2D eigenvalue weighted by atomic mass is 32.1. The van der Waals surface area contributed by atoms with Crippen molar-refractivity contribution in [1.82, 2.24) is 10.2 Å². The lowest BCUT2D eigenvalue weighted by molar-refractivity contribution is -0.122. The van der Waals surface area contributed by atoms with Gasteiger partial charge in [0, 0.05) is 24.4 Å². The molecular formula is C19H24N4O4S. The molecular weight excluding hydrogens is 380 g/mol. The van der Waals surface area contributed by atoms with Crippen molar-refractivity contribution in [3.63, 3.8) is 0 Å². The van der Waals surface area contributed by atoms with E-state index in [2.05, 4.69) is 15.5 Å². The second kappa shape index (κ2) is 7.75. The summed E-state index contributed by atoms with van der Waals surface area (Å²) in [5.74, 6) is 0.299. The van der Waals surface area contributed by atoms with E-state index >= 15 is 0 Å². The average molecular weight is 404 g/mol. The Morgan fingerprint density at radius 1 is 1.25 bits per heavy atom. The summed E-state index contributed by atoms with van der Waals surface area (Å²) in [5, 5.41) is 12.3. The van der Waals surface area contributed by atoms with E-state index in [1.807, 2.05) is 20.8 Å². The molecule has 2 aromatic rings. The number of carbonyl (C=O) groups excluding carboxylic acids is 2. The molecule has 2 amide bonds. The van der Waals surface area contributed by atoms with Gasteiger partial charge in [0.05, 0.1) is 25.8 Å². The maximum atomic E-state index is 12.7. The zero-order chi connectivity index (χ0) is 20.5.